The number of carbonyl (C=O) groups is 1. The van der Waals surface area contributed by atoms with Crippen LogP contribution >= 0.6 is 11.8 Å². The number of aryl methyl sites for hydroxylation is 2. The summed E-state index contributed by atoms with van der Waals surface area (Å²) >= 11 is 1.41. The zero-order valence-electron chi connectivity index (χ0n) is 9.89. The van der Waals surface area contributed by atoms with Crippen LogP contribution in [-0.4, -0.2) is 26.3 Å². The molecule has 0 fully saturated rings. The zero-order chi connectivity index (χ0) is 12.3. The lowest BCUT2D eigenvalue weighted by molar-refractivity contribution is -0.140. The number of nitrogens with zero attached hydrogens (tertiary/aromatic N) is 2. The predicted molar refractivity (Wildman–Crippen MR) is 63.6 cm³/mol. The summed E-state index contributed by atoms with van der Waals surface area (Å²) in [6.07, 6.45) is 0. The van der Waals surface area contributed by atoms with E-state index in [1.54, 1.807) is 6.92 Å². The Morgan fingerprint density at radius 2 is 1.81 bits per heavy atom. The van der Waals surface area contributed by atoms with Crippen molar-refractivity contribution in [3.05, 3.63) is 17.5 Å². The average Bonchev–Trinajstić information content (AvgIpc) is 2.14. The van der Waals surface area contributed by atoms with Crippen molar-refractivity contribution >= 4 is 17.7 Å². The van der Waals surface area contributed by atoms with Gasteiger partial charge in [-0.05, 0) is 19.9 Å². The highest BCUT2D eigenvalue weighted by Gasteiger charge is 2.21. The summed E-state index contributed by atoms with van der Waals surface area (Å²) in [7, 11) is 0. The van der Waals surface area contributed by atoms with Crippen LogP contribution in [0.25, 0.3) is 0 Å². The molecule has 1 N–H and O–H groups in total. The molecule has 4 nitrogen and oxygen atoms in total. The van der Waals surface area contributed by atoms with E-state index in [0.29, 0.717) is 5.16 Å². The van der Waals surface area contributed by atoms with Crippen LogP contribution in [0.3, 0.4) is 0 Å². The normalized spacial score (nSPS) is 14.5. The third-order valence-electron chi connectivity index (χ3n) is 2.35. The van der Waals surface area contributed by atoms with E-state index in [2.05, 4.69) is 9.97 Å². The van der Waals surface area contributed by atoms with E-state index < -0.39 is 11.9 Å². The Labute approximate surface area is 99.5 Å². The van der Waals surface area contributed by atoms with Gasteiger partial charge < -0.3 is 5.11 Å². The highest BCUT2D eigenvalue weighted by atomic mass is 32.2. The van der Waals surface area contributed by atoms with E-state index in [1.165, 1.54) is 11.8 Å². The smallest absolute Gasteiger partial charge is 0.307 e. The summed E-state index contributed by atoms with van der Waals surface area (Å²) in [6.45, 7) is 7.39. The Balaban J connectivity index is 2.76. The van der Waals surface area contributed by atoms with Gasteiger partial charge in [-0.15, -0.1) is 0 Å². The van der Waals surface area contributed by atoms with Crippen molar-refractivity contribution in [3.63, 3.8) is 0 Å². The van der Waals surface area contributed by atoms with Crippen LogP contribution in [-0.2, 0) is 4.79 Å². The number of hydrogen-bond donors (Lipinski definition) is 1. The maximum Gasteiger partial charge on any atom is 0.307 e. The average molecular weight is 240 g/mol. The molecule has 88 valence electrons. The largest absolute Gasteiger partial charge is 0.481 e. The number of carboxylic acids is 1. The number of carboxylic acid groups (broad SMARTS) is 1. The molecule has 0 radical (unpaired) electrons. The van der Waals surface area contributed by atoms with Crippen LogP contribution in [0, 0.1) is 19.8 Å². The molecule has 2 atom stereocenters. The second kappa shape index (κ2) is 5.30. The number of thioether (sulfide) groups is 1. The number of aromatic nitrogens is 2. The molecule has 0 aliphatic heterocycles. The molecule has 1 heterocycles. The molecule has 5 heteroatoms. The van der Waals surface area contributed by atoms with Gasteiger partial charge in [-0.2, -0.15) is 0 Å². The maximum atomic E-state index is 10.8. The van der Waals surface area contributed by atoms with Crippen LogP contribution in [0.1, 0.15) is 25.2 Å². The molecule has 0 bridgehead atoms. The lowest BCUT2D eigenvalue weighted by Crippen LogP contribution is -2.20. The van der Waals surface area contributed by atoms with Crippen molar-refractivity contribution in [2.24, 2.45) is 5.92 Å². The molecule has 0 aliphatic carbocycles. The maximum absolute atomic E-state index is 10.8. The third-order valence-corrected chi connectivity index (χ3v) is 3.52. The first kappa shape index (κ1) is 13.0. The minimum Gasteiger partial charge on any atom is -0.481 e. The summed E-state index contributed by atoms with van der Waals surface area (Å²) < 4.78 is 0. The van der Waals surface area contributed by atoms with Crippen LogP contribution in [0.2, 0.25) is 0 Å². The summed E-state index contributed by atoms with van der Waals surface area (Å²) in [6, 6.07) is 1.90. The van der Waals surface area contributed by atoms with Crippen molar-refractivity contribution in [2.45, 2.75) is 38.1 Å². The Morgan fingerprint density at radius 1 is 1.31 bits per heavy atom. The molecule has 0 spiro atoms. The fraction of sp³-hybridized carbons (Fsp3) is 0.545. The van der Waals surface area contributed by atoms with Gasteiger partial charge in [-0.25, -0.2) is 9.97 Å². The fourth-order valence-electron chi connectivity index (χ4n) is 1.22. The standard InChI is InChI=1S/C11H16N2O2S/c1-6-5-7(2)13-11(12-6)16-9(4)8(3)10(14)15/h5,8-9H,1-4H3,(H,14,15). The van der Waals surface area contributed by atoms with Gasteiger partial charge >= 0.3 is 5.97 Å². The Bertz CT molecular complexity index is 375. The van der Waals surface area contributed by atoms with Gasteiger partial charge in [0, 0.05) is 16.6 Å². The Morgan fingerprint density at radius 3 is 2.25 bits per heavy atom. The van der Waals surface area contributed by atoms with Crippen molar-refractivity contribution < 1.29 is 9.90 Å². The van der Waals surface area contributed by atoms with E-state index in [-0.39, 0.29) is 5.25 Å². The Hall–Kier alpha value is -1.10. The van der Waals surface area contributed by atoms with E-state index >= 15 is 0 Å². The number of hydrogen-bond acceptors (Lipinski definition) is 4. The molecule has 0 aliphatic rings. The first-order chi connectivity index (χ1) is 7.40. The molecule has 1 rings (SSSR count). The number of aliphatic carboxylic acids is 1. The van der Waals surface area contributed by atoms with Gasteiger partial charge in [-0.3, -0.25) is 4.79 Å². The lowest BCUT2D eigenvalue weighted by atomic mass is 10.1. The first-order valence-corrected chi connectivity index (χ1v) is 6.00. The Kier molecular flexibility index (Phi) is 4.29. The van der Waals surface area contributed by atoms with Gasteiger partial charge in [0.2, 0.25) is 0 Å². The highest BCUT2D eigenvalue weighted by Crippen LogP contribution is 2.25. The van der Waals surface area contributed by atoms with E-state index in [4.69, 9.17) is 5.11 Å². The van der Waals surface area contributed by atoms with E-state index in [0.717, 1.165) is 11.4 Å². The van der Waals surface area contributed by atoms with Gasteiger partial charge in [0.1, 0.15) is 0 Å². The molecule has 0 aromatic carbocycles. The highest BCUT2D eigenvalue weighted by molar-refractivity contribution is 7.99. The van der Waals surface area contributed by atoms with Crippen LogP contribution < -0.4 is 0 Å². The molecule has 1 aromatic rings. The van der Waals surface area contributed by atoms with Crippen LogP contribution in [0.15, 0.2) is 11.2 Å². The quantitative estimate of drug-likeness (QED) is 0.646. The number of rotatable bonds is 4. The van der Waals surface area contributed by atoms with Gasteiger partial charge in [0.05, 0.1) is 5.92 Å². The van der Waals surface area contributed by atoms with Gasteiger partial charge in [-0.1, -0.05) is 25.6 Å². The van der Waals surface area contributed by atoms with Crippen LogP contribution in [0.5, 0.6) is 0 Å². The van der Waals surface area contributed by atoms with Crippen LogP contribution in [0.4, 0.5) is 0 Å². The summed E-state index contributed by atoms with van der Waals surface area (Å²) in [5.41, 5.74) is 1.82. The molecular formula is C11H16N2O2S. The monoisotopic (exact) mass is 240 g/mol. The van der Waals surface area contributed by atoms with E-state index in [9.17, 15) is 4.79 Å². The zero-order valence-corrected chi connectivity index (χ0v) is 10.7. The summed E-state index contributed by atoms with van der Waals surface area (Å²) in [5.74, 6) is -1.20. The second-order valence-corrected chi connectivity index (χ2v) is 5.23. The predicted octanol–water partition coefficient (Wildman–Crippen LogP) is 2.29. The molecule has 1 aromatic heterocycles. The molecule has 2 unspecified atom stereocenters. The summed E-state index contributed by atoms with van der Waals surface area (Å²) in [4.78, 5) is 19.4. The fourth-order valence-corrected chi connectivity index (χ4v) is 2.26. The molecule has 0 saturated heterocycles. The molecular weight excluding hydrogens is 224 g/mol. The minimum atomic E-state index is -0.788. The molecule has 16 heavy (non-hydrogen) atoms. The van der Waals surface area contributed by atoms with Crippen molar-refractivity contribution in [3.8, 4) is 0 Å². The third kappa shape index (κ3) is 3.48. The van der Waals surface area contributed by atoms with Gasteiger partial charge in [0.25, 0.3) is 0 Å². The van der Waals surface area contributed by atoms with Gasteiger partial charge in [0.15, 0.2) is 5.16 Å². The minimum absolute atomic E-state index is 0.0429. The second-order valence-electron chi connectivity index (χ2n) is 3.88. The van der Waals surface area contributed by atoms with Crippen molar-refractivity contribution in [1.82, 2.24) is 9.97 Å². The van der Waals surface area contributed by atoms with Crippen molar-refractivity contribution in [1.29, 1.82) is 0 Å². The molecule has 0 saturated carbocycles. The topological polar surface area (TPSA) is 63.1 Å². The van der Waals surface area contributed by atoms with E-state index in [1.807, 2.05) is 26.8 Å². The summed E-state index contributed by atoms with van der Waals surface area (Å²) in [5, 5.41) is 9.49. The first-order valence-electron chi connectivity index (χ1n) is 5.12. The SMILES string of the molecule is Cc1cc(C)nc(SC(C)C(C)C(=O)O)n1. The molecule has 0 amide bonds. The lowest BCUT2D eigenvalue weighted by Gasteiger charge is -2.14. The van der Waals surface area contributed by atoms with Crippen molar-refractivity contribution in [2.75, 3.05) is 0 Å².